The molecule has 1 aliphatic heterocycles. The molecule has 6 nitrogen and oxygen atoms in total. The molecule has 1 aliphatic rings. The first-order valence-electron chi connectivity index (χ1n) is 9.81. The van der Waals surface area contributed by atoms with Crippen LogP contribution in [0.3, 0.4) is 0 Å². The number of fused-ring (bicyclic) bond motifs is 1. The molecule has 0 aliphatic carbocycles. The zero-order chi connectivity index (χ0) is 20.9. The van der Waals surface area contributed by atoms with Crippen LogP contribution in [0.5, 0.6) is 5.75 Å². The number of methoxy groups -OCH3 is 1. The predicted octanol–water partition coefficient (Wildman–Crippen LogP) is 4.79. The van der Waals surface area contributed by atoms with Gasteiger partial charge in [0.15, 0.2) is 5.65 Å². The molecule has 0 amide bonds. The molecule has 1 unspecified atom stereocenters. The van der Waals surface area contributed by atoms with Gasteiger partial charge in [0.05, 0.1) is 40.0 Å². The number of aromatic nitrogens is 4. The van der Waals surface area contributed by atoms with Crippen LogP contribution in [0.1, 0.15) is 48.3 Å². The Balaban J connectivity index is 1.85. The van der Waals surface area contributed by atoms with Gasteiger partial charge in [-0.15, -0.1) is 0 Å². The van der Waals surface area contributed by atoms with E-state index in [9.17, 15) is 0 Å². The SMILES string of the molecule is CCN1CC(c2c(Cl)c(Cl)cc(C(C)n3nc(C)c4c(C)ncnc43)c2OC)C1. The number of rotatable bonds is 5. The minimum atomic E-state index is -0.133. The molecule has 29 heavy (non-hydrogen) atoms. The summed E-state index contributed by atoms with van der Waals surface area (Å²) >= 11 is 13.2. The number of likely N-dealkylation sites (N-methyl/N-ethyl adjacent to an activating group) is 1. The number of nitrogens with zero attached hydrogens (tertiary/aromatic N) is 5. The highest BCUT2D eigenvalue weighted by Gasteiger charge is 2.34. The monoisotopic (exact) mass is 433 g/mol. The average molecular weight is 434 g/mol. The van der Waals surface area contributed by atoms with Crippen LogP contribution in [0.25, 0.3) is 11.0 Å². The van der Waals surface area contributed by atoms with Gasteiger partial charge >= 0.3 is 0 Å². The molecule has 3 heterocycles. The van der Waals surface area contributed by atoms with E-state index in [0.717, 1.165) is 58.9 Å². The van der Waals surface area contributed by atoms with Gasteiger partial charge in [-0.05, 0) is 33.4 Å². The van der Waals surface area contributed by atoms with Crippen molar-refractivity contribution in [1.29, 1.82) is 0 Å². The van der Waals surface area contributed by atoms with Crippen LogP contribution >= 0.6 is 23.2 Å². The number of ether oxygens (including phenoxy) is 1. The zero-order valence-electron chi connectivity index (χ0n) is 17.3. The lowest BCUT2D eigenvalue weighted by molar-refractivity contribution is 0.155. The molecule has 0 radical (unpaired) electrons. The van der Waals surface area contributed by atoms with Crippen molar-refractivity contribution in [3.63, 3.8) is 0 Å². The molecule has 0 saturated carbocycles. The van der Waals surface area contributed by atoms with Crippen molar-refractivity contribution in [2.24, 2.45) is 0 Å². The van der Waals surface area contributed by atoms with Crippen molar-refractivity contribution in [3.05, 3.63) is 45.0 Å². The number of benzene rings is 1. The summed E-state index contributed by atoms with van der Waals surface area (Å²) in [4.78, 5) is 11.2. The van der Waals surface area contributed by atoms with Crippen LogP contribution in [-0.4, -0.2) is 51.4 Å². The molecule has 0 N–H and O–H groups in total. The topological polar surface area (TPSA) is 56.1 Å². The molecular formula is C21H25Cl2N5O. The Kier molecular flexibility index (Phi) is 5.44. The highest BCUT2D eigenvalue weighted by molar-refractivity contribution is 6.42. The summed E-state index contributed by atoms with van der Waals surface area (Å²) in [5, 5.41) is 6.87. The van der Waals surface area contributed by atoms with E-state index in [0.29, 0.717) is 16.0 Å². The molecule has 1 aromatic carbocycles. The molecule has 1 atom stereocenters. The Morgan fingerprint density at radius 1 is 1.21 bits per heavy atom. The summed E-state index contributed by atoms with van der Waals surface area (Å²) in [6.45, 7) is 11.1. The first kappa shape index (κ1) is 20.4. The quantitative estimate of drug-likeness (QED) is 0.578. The van der Waals surface area contributed by atoms with Crippen LogP contribution in [0, 0.1) is 13.8 Å². The number of halogens is 2. The summed E-state index contributed by atoms with van der Waals surface area (Å²) < 4.78 is 7.81. The van der Waals surface area contributed by atoms with Crippen molar-refractivity contribution in [2.45, 2.75) is 39.7 Å². The van der Waals surface area contributed by atoms with Crippen LogP contribution in [0.15, 0.2) is 12.4 Å². The third-order valence-corrected chi connectivity index (χ3v) is 6.72. The molecule has 1 saturated heterocycles. The van der Waals surface area contributed by atoms with Gasteiger partial charge in [0.25, 0.3) is 0 Å². The summed E-state index contributed by atoms with van der Waals surface area (Å²) in [5.41, 5.74) is 4.57. The molecule has 4 rings (SSSR count). The van der Waals surface area contributed by atoms with Crippen LogP contribution in [-0.2, 0) is 0 Å². The third kappa shape index (κ3) is 3.27. The van der Waals surface area contributed by atoms with E-state index in [1.807, 2.05) is 24.6 Å². The first-order valence-corrected chi connectivity index (χ1v) is 10.6. The molecule has 0 bridgehead atoms. The smallest absolute Gasteiger partial charge is 0.162 e. The maximum Gasteiger partial charge on any atom is 0.162 e. The Morgan fingerprint density at radius 3 is 2.59 bits per heavy atom. The highest BCUT2D eigenvalue weighted by Crippen LogP contribution is 2.46. The molecule has 154 valence electrons. The predicted molar refractivity (Wildman–Crippen MR) is 116 cm³/mol. The Hall–Kier alpha value is -1.89. The van der Waals surface area contributed by atoms with Crippen LogP contribution in [0.4, 0.5) is 0 Å². The second kappa shape index (κ2) is 7.74. The Bertz CT molecular complexity index is 1070. The van der Waals surface area contributed by atoms with Gasteiger partial charge in [-0.1, -0.05) is 30.1 Å². The summed E-state index contributed by atoms with van der Waals surface area (Å²) in [6, 6.07) is 1.76. The van der Waals surface area contributed by atoms with Crippen LogP contribution < -0.4 is 4.74 Å². The number of likely N-dealkylation sites (tertiary alicyclic amines) is 1. The summed E-state index contributed by atoms with van der Waals surface area (Å²) in [7, 11) is 1.69. The summed E-state index contributed by atoms with van der Waals surface area (Å²) in [6.07, 6.45) is 1.58. The van der Waals surface area contributed by atoms with Gasteiger partial charge in [-0.25, -0.2) is 14.6 Å². The summed E-state index contributed by atoms with van der Waals surface area (Å²) in [5.74, 6) is 1.10. The third-order valence-electron chi connectivity index (χ3n) is 5.92. The van der Waals surface area contributed by atoms with Crippen molar-refractivity contribution < 1.29 is 4.74 Å². The lowest BCUT2D eigenvalue weighted by Crippen LogP contribution is -2.44. The van der Waals surface area contributed by atoms with Crippen molar-refractivity contribution in [3.8, 4) is 5.75 Å². The van der Waals surface area contributed by atoms with Crippen molar-refractivity contribution >= 4 is 34.2 Å². The molecule has 2 aromatic heterocycles. The normalized spacial score (nSPS) is 16.2. The van der Waals surface area contributed by atoms with E-state index < -0.39 is 0 Å². The van der Waals surface area contributed by atoms with Crippen molar-refractivity contribution in [1.82, 2.24) is 24.6 Å². The minimum Gasteiger partial charge on any atom is -0.496 e. The van der Waals surface area contributed by atoms with Gasteiger partial charge in [0, 0.05) is 30.1 Å². The fourth-order valence-corrected chi connectivity index (χ4v) is 4.80. The number of hydrogen-bond acceptors (Lipinski definition) is 5. The molecule has 0 spiro atoms. The second-order valence-corrected chi connectivity index (χ2v) is 8.41. The van der Waals surface area contributed by atoms with E-state index in [4.69, 9.17) is 33.0 Å². The first-order chi connectivity index (χ1) is 13.9. The standard InChI is InChI=1S/C21H25Cl2N5O/c1-6-27-8-14(9-27)18-19(23)16(22)7-15(20(18)29-5)13(4)28-21-17(12(3)26-28)11(2)24-10-25-21/h7,10,13-14H,6,8-9H2,1-5H3. The fourth-order valence-electron chi connectivity index (χ4n) is 4.28. The van der Waals surface area contributed by atoms with Crippen molar-refractivity contribution in [2.75, 3.05) is 26.7 Å². The van der Waals surface area contributed by atoms with E-state index in [-0.39, 0.29) is 6.04 Å². The fraction of sp³-hybridized carbons (Fsp3) is 0.476. The number of hydrogen-bond donors (Lipinski definition) is 0. The molecular weight excluding hydrogens is 409 g/mol. The Labute approximate surface area is 180 Å². The minimum absolute atomic E-state index is 0.133. The Morgan fingerprint density at radius 2 is 1.93 bits per heavy atom. The zero-order valence-corrected chi connectivity index (χ0v) is 18.8. The number of aryl methyl sites for hydroxylation is 2. The highest BCUT2D eigenvalue weighted by atomic mass is 35.5. The second-order valence-electron chi connectivity index (χ2n) is 7.62. The van der Waals surface area contributed by atoms with Gasteiger partial charge in [-0.3, -0.25) is 0 Å². The van der Waals surface area contributed by atoms with E-state index in [1.165, 1.54) is 0 Å². The largest absolute Gasteiger partial charge is 0.496 e. The van der Waals surface area contributed by atoms with Crippen LogP contribution in [0.2, 0.25) is 10.0 Å². The molecule has 8 heteroatoms. The van der Waals surface area contributed by atoms with Gasteiger partial charge in [0.2, 0.25) is 0 Å². The average Bonchev–Trinajstić information content (AvgIpc) is 3.01. The van der Waals surface area contributed by atoms with E-state index >= 15 is 0 Å². The van der Waals surface area contributed by atoms with E-state index in [1.54, 1.807) is 13.4 Å². The maximum atomic E-state index is 6.64. The van der Waals surface area contributed by atoms with Gasteiger partial charge in [-0.2, -0.15) is 5.10 Å². The lowest BCUT2D eigenvalue weighted by atomic mass is 9.88. The molecule has 3 aromatic rings. The lowest BCUT2D eigenvalue weighted by Gasteiger charge is -2.40. The van der Waals surface area contributed by atoms with Gasteiger partial charge < -0.3 is 9.64 Å². The van der Waals surface area contributed by atoms with E-state index in [2.05, 4.69) is 28.7 Å². The maximum absolute atomic E-state index is 6.64. The molecule has 1 fully saturated rings. The van der Waals surface area contributed by atoms with Gasteiger partial charge in [0.1, 0.15) is 12.1 Å².